The molecule has 1 aromatic heterocycles. The molecule has 4 rings (SSSR count). The lowest BCUT2D eigenvalue weighted by atomic mass is 10.0. The number of nitrogens with zero attached hydrogens (tertiary/aromatic N) is 2. The molecule has 6 heteroatoms. The van der Waals surface area contributed by atoms with Crippen LogP contribution < -0.4 is 5.32 Å². The molecule has 0 radical (unpaired) electrons. The molecule has 1 N–H and O–H groups in total. The van der Waals surface area contributed by atoms with Crippen molar-refractivity contribution in [2.45, 2.75) is 39.3 Å². The third kappa shape index (κ3) is 2.77. The summed E-state index contributed by atoms with van der Waals surface area (Å²) in [5.41, 5.74) is 5.41. The van der Waals surface area contributed by atoms with Crippen LogP contribution >= 0.6 is 0 Å². The van der Waals surface area contributed by atoms with Crippen molar-refractivity contribution < 1.29 is 14.4 Å². The first kappa shape index (κ1) is 16.4. The van der Waals surface area contributed by atoms with E-state index in [1.807, 2.05) is 38.1 Å². The first-order valence-corrected chi connectivity index (χ1v) is 8.65. The predicted octanol–water partition coefficient (Wildman–Crippen LogP) is 2.13. The van der Waals surface area contributed by atoms with Gasteiger partial charge in [0.1, 0.15) is 6.04 Å². The molecular weight excluding hydrogens is 330 g/mol. The Morgan fingerprint density at radius 2 is 1.92 bits per heavy atom. The maximum absolute atomic E-state index is 12.7. The number of fused-ring (bicyclic) bond motifs is 1. The summed E-state index contributed by atoms with van der Waals surface area (Å²) < 4.78 is 0. The van der Waals surface area contributed by atoms with E-state index < -0.39 is 11.9 Å². The van der Waals surface area contributed by atoms with Gasteiger partial charge in [-0.1, -0.05) is 6.07 Å². The molecule has 1 aromatic carbocycles. The predicted molar refractivity (Wildman–Crippen MR) is 95.2 cm³/mol. The Balaban J connectivity index is 1.64. The standard InChI is InChI=1S/C20H19N3O3/c1-11-7-12(2)21-16(8-11)13-3-4-15-14(9-13)10-23(20(15)26)17-5-6-18(24)22-19(17)25/h3-4,7-9,17H,5-6,10H2,1-2H3,(H,22,24,25). The first-order chi connectivity index (χ1) is 12.4. The van der Waals surface area contributed by atoms with Gasteiger partial charge in [-0.2, -0.15) is 0 Å². The minimum absolute atomic E-state index is 0.158. The molecule has 0 saturated carbocycles. The average Bonchev–Trinajstić information content (AvgIpc) is 2.90. The Labute approximate surface area is 151 Å². The molecule has 0 bridgehead atoms. The van der Waals surface area contributed by atoms with Crippen molar-refractivity contribution in [3.63, 3.8) is 0 Å². The van der Waals surface area contributed by atoms with Crippen molar-refractivity contribution in [2.75, 3.05) is 0 Å². The lowest BCUT2D eigenvalue weighted by Crippen LogP contribution is -2.52. The SMILES string of the molecule is Cc1cc(C)nc(-c2ccc3c(c2)CN(C2CCC(=O)NC2=O)C3=O)c1. The topological polar surface area (TPSA) is 79.4 Å². The summed E-state index contributed by atoms with van der Waals surface area (Å²) in [7, 11) is 0. The minimum atomic E-state index is -0.588. The van der Waals surface area contributed by atoms with Crippen LogP contribution in [0.3, 0.4) is 0 Å². The molecule has 1 atom stereocenters. The van der Waals surface area contributed by atoms with E-state index in [9.17, 15) is 14.4 Å². The van der Waals surface area contributed by atoms with E-state index in [4.69, 9.17) is 0 Å². The minimum Gasteiger partial charge on any atom is -0.322 e. The van der Waals surface area contributed by atoms with Gasteiger partial charge in [0, 0.05) is 29.8 Å². The fourth-order valence-electron chi connectivity index (χ4n) is 3.72. The summed E-state index contributed by atoms with van der Waals surface area (Å²) in [6.45, 7) is 4.36. The molecule has 6 nitrogen and oxygen atoms in total. The summed E-state index contributed by atoms with van der Waals surface area (Å²) in [6, 6.07) is 9.12. The molecule has 0 aliphatic carbocycles. The van der Waals surface area contributed by atoms with Crippen molar-refractivity contribution >= 4 is 17.7 Å². The second kappa shape index (κ2) is 6.05. The number of hydrogen-bond donors (Lipinski definition) is 1. The van der Waals surface area contributed by atoms with Crippen LogP contribution in [0, 0.1) is 13.8 Å². The summed E-state index contributed by atoms with van der Waals surface area (Å²) in [5.74, 6) is -0.827. The van der Waals surface area contributed by atoms with Crippen molar-refractivity contribution in [1.82, 2.24) is 15.2 Å². The normalized spacial score (nSPS) is 19.5. The summed E-state index contributed by atoms with van der Waals surface area (Å²) in [6.07, 6.45) is 0.629. The number of carbonyl (C=O) groups is 3. The number of carbonyl (C=O) groups excluding carboxylic acids is 3. The zero-order chi connectivity index (χ0) is 18.4. The number of rotatable bonds is 2. The van der Waals surface area contributed by atoms with Gasteiger partial charge < -0.3 is 4.90 Å². The van der Waals surface area contributed by atoms with Crippen molar-refractivity contribution in [1.29, 1.82) is 0 Å². The highest BCUT2D eigenvalue weighted by Crippen LogP contribution is 2.31. The van der Waals surface area contributed by atoms with E-state index in [2.05, 4.69) is 10.3 Å². The van der Waals surface area contributed by atoms with Crippen molar-refractivity contribution in [2.24, 2.45) is 0 Å². The van der Waals surface area contributed by atoms with Gasteiger partial charge >= 0.3 is 0 Å². The number of amides is 3. The molecule has 1 saturated heterocycles. The van der Waals surface area contributed by atoms with E-state index in [0.29, 0.717) is 18.5 Å². The number of imide groups is 1. The third-order valence-corrected chi connectivity index (χ3v) is 4.92. The van der Waals surface area contributed by atoms with Gasteiger partial charge in [0.15, 0.2) is 0 Å². The summed E-state index contributed by atoms with van der Waals surface area (Å²) in [4.78, 5) is 42.3. The Morgan fingerprint density at radius 1 is 1.12 bits per heavy atom. The molecule has 2 aliphatic heterocycles. The Hall–Kier alpha value is -3.02. The fraction of sp³-hybridized carbons (Fsp3) is 0.300. The Kier molecular flexibility index (Phi) is 3.83. The van der Waals surface area contributed by atoms with Crippen LogP contribution in [0.2, 0.25) is 0 Å². The van der Waals surface area contributed by atoms with Crippen LogP contribution in [0.25, 0.3) is 11.3 Å². The Morgan fingerprint density at radius 3 is 2.65 bits per heavy atom. The second-order valence-electron chi connectivity index (χ2n) is 6.94. The van der Waals surface area contributed by atoms with Crippen LogP contribution in [0.1, 0.15) is 40.0 Å². The maximum atomic E-state index is 12.7. The van der Waals surface area contributed by atoms with Gasteiger partial charge in [-0.15, -0.1) is 0 Å². The second-order valence-corrected chi connectivity index (χ2v) is 6.94. The summed E-state index contributed by atoms with van der Waals surface area (Å²) in [5, 5.41) is 2.32. The molecule has 0 spiro atoms. The highest BCUT2D eigenvalue weighted by molar-refractivity contribution is 6.05. The van der Waals surface area contributed by atoms with Crippen LogP contribution in [0.4, 0.5) is 0 Å². The number of aryl methyl sites for hydroxylation is 2. The van der Waals surface area contributed by atoms with E-state index in [1.54, 1.807) is 11.0 Å². The van der Waals surface area contributed by atoms with Gasteiger partial charge in [-0.25, -0.2) is 0 Å². The van der Waals surface area contributed by atoms with E-state index in [1.165, 1.54) is 0 Å². The molecule has 2 aliphatic rings. The van der Waals surface area contributed by atoms with Crippen LogP contribution in [-0.4, -0.2) is 33.6 Å². The molecule has 1 fully saturated rings. The average molecular weight is 349 g/mol. The molecule has 3 heterocycles. The van der Waals surface area contributed by atoms with Crippen molar-refractivity contribution in [3.8, 4) is 11.3 Å². The highest BCUT2D eigenvalue weighted by atomic mass is 16.2. The van der Waals surface area contributed by atoms with Gasteiger partial charge in [0.2, 0.25) is 11.8 Å². The van der Waals surface area contributed by atoms with E-state index in [0.717, 1.165) is 28.1 Å². The summed E-state index contributed by atoms with van der Waals surface area (Å²) >= 11 is 0. The lowest BCUT2D eigenvalue weighted by Gasteiger charge is -2.29. The van der Waals surface area contributed by atoms with Crippen molar-refractivity contribution in [3.05, 3.63) is 52.7 Å². The third-order valence-electron chi connectivity index (χ3n) is 4.92. The molecule has 3 amide bonds. The number of hydrogen-bond acceptors (Lipinski definition) is 4. The molecular formula is C20H19N3O3. The van der Waals surface area contributed by atoms with E-state index in [-0.39, 0.29) is 18.2 Å². The maximum Gasteiger partial charge on any atom is 0.255 e. The van der Waals surface area contributed by atoms with E-state index >= 15 is 0 Å². The number of nitrogens with one attached hydrogen (secondary N) is 1. The van der Waals surface area contributed by atoms with Crippen LogP contribution in [0.15, 0.2) is 30.3 Å². The molecule has 26 heavy (non-hydrogen) atoms. The van der Waals surface area contributed by atoms with Crippen LogP contribution in [-0.2, 0) is 16.1 Å². The number of pyridine rings is 1. The monoisotopic (exact) mass is 349 g/mol. The quantitative estimate of drug-likeness (QED) is 0.843. The Bertz CT molecular complexity index is 931. The highest BCUT2D eigenvalue weighted by Gasteiger charge is 2.39. The smallest absolute Gasteiger partial charge is 0.255 e. The zero-order valence-electron chi connectivity index (χ0n) is 14.7. The fourth-order valence-corrected chi connectivity index (χ4v) is 3.72. The van der Waals surface area contributed by atoms with Gasteiger partial charge in [0.05, 0.1) is 5.69 Å². The lowest BCUT2D eigenvalue weighted by molar-refractivity contribution is -0.136. The first-order valence-electron chi connectivity index (χ1n) is 8.65. The number of aromatic nitrogens is 1. The zero-order valence-corrected chi connectivity index (χ0v) is 14.7. The largest absolute Gasteiger partial charge is 0.322 e. The van der Waals surface area contributed by atoms with Gasteiger partial charge in [-0.3, -0.25) is 24.7 Å². The molecule has 2 aromatic rings. The number of piperidine rings is 1. The molecule has 1 unspecified atom stereocenters. The number of benzene rings is 1. The molecule has 132 valence electrons. The van der Waals surface area contributed by atoms with Gasteiger partial charge in [0.25, 0.3) is 5.91 Å². The van der Waals surface area contributed by atoms with Crippen LogP contribution in [0.5, 0.6) is 0 Å². The van der Waals surface area contributed by atoms with Gasteiger partial charge in [-0.05, 0) is 55.7 Å².